The number of benzene rings is 1. The van der Waals surface area contributed by atoms with Crippen LogP contribution in [0.1, 0.15) is 6.92 Å². The van der Waals surface area contributed by atoms with Gasteiger partial charge in [-0.25, -0.2) is 4.98 Å². The Labute approximate surface area is 111 Å². The van der Waals surface area contributed by atoms with Gasteiger partial charge in [0.2, 0.25) is 5.28 Å². The molecule has 0 saturated carbocycles. The molecule has 1 aromatic heterocycles. The number of nitrogens with zero attached hydrogens (tertiary/aromatic N) is 2. The first-order chi connectivity index (χ1) is 7.99. The van der Waals surface area contributed by atoms with Gasteiger partial charge in [0.15, 0.2) is 0 Å². The quantitative estimate of drug-likeness (QED) is 0.864. The lowest BCUT2D eigenvalue weighted by Crippen LogP contribution is -2.26. The first kappa shape index (κ1) is 12.5. The first-order valence-corrected chi connectivity index (χ1v) is 6.20. The van der Waals surface area contributed by atoms with Crippen LogP contribution in [-0.4, -0.2) is 20.8 Å². The molecule has 6 heteroatoms. The minimum atomic E-state index is -0.653. The van der Waals surface area contributed by atoms with Gasteiger partial charge in [-0.05, 0) is 36.7 Å². The highest BCUT2D eigenvalue weighted by Crippen LogP contribution is 2.17. The molecule has 0 amide bonds. The van der Waals surface area contributed by atoms with Gasteiger partial charge in [-0.15, -0.1) is 0 Å². The molecule has 2 aromatic rings. The number of rotatable bonds is 2. The third kappa shape index (κ3) is 2.51. The van der Waals surface area contributed by atoms with E-state index in [1.54, 1.807) is 25.1 Å². The second-order valence-corrected chi connectivity index (χ2v) is 5.06. The Balaban J connectivity index is 2.72. The lowest BCUT2D eigenvalue weighted by Gasteiger charge is -2.10. The number of aliphatic hydroxyl groups is 1. The van der Waals surface area contributed by atoms with Crippen molar-refractivity contribution in [3.05, 3.63) is 38.3 Å². The molecule has 0 spiro atoms. The van der Waals surface area contributed by atoms with Gasteiger partial charge in [0, 0.05) is 4.47 Å². The zero-order valence-electron chi connectivity index (χ0n) is 9.02. The van der Waals surface area contributed by atoms with Crippen LogP contribution in [0, 0.1) is 0 Å². The number of hydrogen-bond donors (Lipinski definition) is 1. The summed E-state index contributed by atoms with van der Waals surface area (Å²) in [5, 5.41) is 9.89. The van der Waals surface area contributed by atoms with Crippen LogP contribution in [0.25, 0.3) is 10.9 Å². The maximum Gasteiger partial charge on any atom is 0.262 e. The third-order valence-electron chi connectivity index (χ3n) is 2.32. The van der Waals surface area contributed by atoms with Crippen LogP contribution in [0.2, 0.25) is 5.28 Å². The number of hydrogen-bond acceptors (Lipinski definition) is 3. The Morgan fingerprint density at radius 1 is 1.59 bits per heavy atom. The van der Waals surface area contributed by atoms with Crippen LogP contribution in [-0.2, 0) is 6.54 Å². The lowest BCUT2D eigenvalue weighted by molar-refractivity contribution is 0.172. The van der Waals surface area contributed by atoms with Crippen LogP contribution in [0.15, 0.2) is 27.5 Å². The normalized spacial score (nSPS) is 12.9. The van der Waals surface area contributed by atoms with Gasteiger partial charge < -0.3 is 5.11 Å². The summed E-state index contributed by atoms with van der Waals surface area (Å²) in [6, 6.07) is 5.19. The molecule has 2 rings (SSSR count). The van der Waals surface area contributed by atoms with Gasteiger partial charge in [-0.2, -0.15) is 0 Å². The molecule has 0 aliphatic carbocycles. The molecule has 90 valence electrons. The summed E-state index contributed by atoms with van der Waals surface area (Å²) < 4.78 is 2.10. The van der Waals surface area contributed by atoms with Crippen LogP contribution < -0.4 is 5.56 Å². The minimum absolute atomic E-state index is 0.0847. The van der Waals surface area contributed by atoms with E-state index in [4.69, 9.17) is 11.6 Å². The standard InChI is InChI=1S/C11H10BrClN2O2/c1-6(16)5-15-10(17)8-3-2-7(12)4-9(8)14-11(15)13/h2-4,6,16H,5H2,1H3. The van der Waals surface area contributed by atoms with E-state index >= 15 is 0 Å². The summed E-state index contributed by atoms with van der Waals surface area (Å²) >= 11 is 9.24. The van der Waals surface area contributed by atoms with E-state index in [-0.39, 0.29) is 17.4 Å². The Morgan fingerprint density at radius 2 is 2.29 bits per heavy atom. The molecule has 17 heavy (non-hydrogen) atoms. The van der Waals surface area contributed by atoms with Crippen molar-refractivity contribution in [1.29, 1.82) is 0 Å². The number of aromatic nitrogens is 2. The molecule has 1 heterocycles. The van der Waals surface area contributed by atoms with Crippen LogP contribution in [0.4, 0.5) is 0 Å². The average molecular weight is 318 g/mol. The predicted octanol–water partition coefficient (Wildman–Crippen LogP) is 2.19. The molecule has 1 unspecified atom stereocenters. The fourth-order valence-corrected chi connectivity index (χ4v) is 2.18. The smallest absolute Gasteiger partial charge is 0.262 e. The average Bonchev–Trinajstić information content (AvgIpc) is 2.23. The van der Waals surface area contributed by atoms with E-state index in [1.165, 1.54) is 4.57 Å². The Kier molecular flexibility index (Phi) is 3.51. The SMILES string of the molecule is CC(O)Cn1c(Cl)nc2cc(Br)ccc2c1=O. The van der Waals surface area contributed by atoms with Crippen molar-refractivity contribution < 1.29 is 5.11 Å². The molecule has 1 N–H and O–H groups in total. The van der Waals surface area contributed by atoms with Crippen molar-refractivity contribution in [2.75, 3.05) is 0 Å². The number of fused-ring (bicyclic) bond motifs is 1. The summed E-state index contributed by atoms with van der Waals surface area (Å²) in [7, 11) is 0. The fourth-order valence-electron chi connectivity index (χ4n) is 1.59. The van der Waals surface area contributed by atoms with E-state index in [9.17, 15) is 9.90 Å². The Morgan fingerprint density at radius 3 is 2.94 bits per heavy atom. The van der Waals surface area contributed by atoms with Crippen molar-refractivity contribution in [1.82, 2.24) is 9.55 Å². The van der Waals surface area contributed by atoms with E-state index in [2.05, 4.69) is 20.9 Å². The maximum absolute atomic E-state index is 12.1. The molecule has 0 aliphatic heterocycles. The van der Waals surface area contributed by atoms with Gasteiger partial charge in [0.05, 0.1) is 23.6 Å². The van der Waals surface area contributed by atoms with E-state index in [0.717, 1.165) is 4.47 Å². The summed E-state index contributed by atoms with van der Waals surface area (Å²) in [5.41, 5.74) is 0.296. The molecule has 0 saturated heterocycles. The van der Waals surface area contributed by atoms with E-state index in [0.29, 0.717) is 10.9 Å². The largest absolute Gasteiger partial charge is 0.392 e. The molecule has 0 aliphatic rings. The number of aliphatic hydroxyl groups excluding tert-OH is 1. The van der Waals surface area contributed by atoms with E-state index in [1.807, 2.05) is 0 Å². The lowest BCUT2D eigenvalue weighted by atomic mass is 10.2. The van der Waals surface area contributed by atoms with Gasteiger partial charge in [-0.1, -0.05) is 15.9 Å². The third-order valence-corrected chi connectivity index (χ3v) is 3.10. The molecule has 4 nitrogen and oxygen atoms in total. The van der Waals surface area contributed by atoms with Gasteiger partial charge in [0.25, 0.3) is 5.56 Å². The van der Waals surface area contributed by atoms with Crippen molar-refractivity contribution in [2.24, 2.45) is 0 Å². The van der Waals surface area contributed by atoms with Crippen LogP contribution in [0.3, 0.4) is 0 Å². The molecular weight excluding hydrogens is 307 g/mol. The minimum Gasteiger partial charge on any atom is -0.392 e. The molecular formula is C11H10BrClN2O2. The zero-order valence-corrected chi connectivity index (χ0v) is 11.4. The second-order valence-electron chi connectivity index (χ2n) is 3.81. The van der Waals surface area contributed by atoms with E-state index < -0.39 is 6.10 Å². The second kappa shape index (κ2) is 4.76. The predicted molar refractivity (Wildman–Crippen MR) is 70.4 cm³/mol. The monoisotopic (exact) mass is 316 g/mol. The summed E-state index contributed by atoms with van der Waals surface area (Å²) in [6.45, 7) is 1.73. The highest BCUT2D eigenvalue weighted by molar-refractivity contribution is 9.10. The molecule has 1 atom stereocenters. The van der Waals surface area contributed by atoms with Crippen molar-refractivity contribution in [3.8, 4) is 0 Å². The first-order valence-electron chi connectivity index (χ1n) is 5.02. The Bertz CT molecular complexity index is 625. The summed E-state index contributed by atoms with van der Waals surface area (Å²) in [6.07, 6.45) is -0.653. The Hall–Kier alpha value is -0.910. The molecule has 0 radical (unpaired) electrons. The number of halogens is 2. The maximum atomic E-state index is 12.1. The molecule has 0 fully saturated rings. The topological polar surface area (TPSA) is 55.1 Å². The van der Waals surface area contributed by atoms with Gasteiger partial charge in [0.1, 0.15) is 0 Å². The highest BCUT2D eigenvalue weighted by atomic mass is 79.9. The van der Waals surface area contributed by atoms with Crippen molar-refractivity contribution >= 4 is 38.4 Å². The highest BCUT2D eigenvalue weighted by Gasteiger charge is 2.11. The van der Waals surface area contributed by atoms with Gasteiger partial charge in [-0.3, -0.25) is 9.36 Å². The van der Waals surface area contributed by atoms with Gasteiger partial charge >= 0.3 is 0 Å². The van der Waals surface area contributed by atoms with Crippen LogP contribution >= 0.6 is 27.5 Å². The summed E-state index contributed by atoms with van der Waals surface area (Å²) in [4.78, 5) is 16.2. The van der Waals surface area contributed by atoms with Crippen molar-refractivity contribution in [2.45, 2.75) is 19.6 Å². The summed E-state index contributed by atoms with van der Waals surface area (Å²) in [5.74, 6) is 0. The fraction of sp³-hybridized carbons (Fsp3) is 0.273. The van der Waals surface area contributed by atoms with Crippen LogP contribution in [0.5, 0.6) is 0 Å². The molecule has 1 aromatic carbocycles. The molecule has 0 bridgehead atoms. The van der Waals surface area contributed by atoms with Crippen molar-refractivity contribution in [3.63, 3.8) is 0 Å². The zero-order chi connectivity index (χ0) is 12.6.